The summed E-state index contributed by atoms with van der Waals surface area (Å²) in [4.78, 5) is 17.1. The molecule has 0 aliphatic carbocycles. The van der Waals surface area contributed by atoms with Crippen molar-refractivity contribution in [1.29, 1.82) is 0 Å². The lowest BCUT2D eigenvalue weighted by Crippen LogP contribution is -2.51. The molecule has 1 amide bonds. The Morgan fingerprint density at radius 3 is 2.63 bits per heavy atom. The number of amides is 1. The van der Waals surface area contributed by atoms with Gasteiger partial charge in [-0.05, 0) is 45.2 Å². The topological polar surface area (TPSA) is 70.8 Å². The first kappa shape index (κ1) is 19.4. The molecule has 27 heavy (non-hydrogen) atoms. The first-order valence-electron chi connectivity index (χ1n) is 9.47. The standard InChI is InChI=1S/C20H28N4O3/c1-4-26-17-7-5-16(6-8-17)19-13-18(22-27-19)20(25)21-14-15(2)24-11-9-23(3)10-12-24/h5-8,13,15H,4,9-12,14H2,1-3H3,(H,21,25)/t15-/m1/s1. The zero-order valence-electron chi connectivity index (χ0n) is 16.3. The highest BCUT2D eigenvalue weighted by atomic mass is 16.5. The molecule has 1 N–H and O–H groups in total. The minimum atomic E-state index is -0.211. The van der Waals surface area contributed by atoms with Crippen molar-refractivity contribution in [3.05, 3.63) is 36.0 Å². The van der Waals surface area contributed by atoms with Crippen LogP contribution in [-0.4, -0.2) is 73.3 Å². The summed E-state index contributed by atoms with van der Waals surface area (Å²) in [5, 5.41) is 6.87. The minimum absolute atomic E-state index is 0.211. The van der Waals surface area contributed by atoms with Crippen molar-refractivity contribution in [3.63, 3.8) is 0 Å². The number of likely N-dealkylation sites (N-methyl/N-ethyl adjacent to an activating group) is 1. The molecule has 0 unspecified atom stereocenters. The van der Waals surface area contributed by atoms with E-state index in [1.807, 2.05) is 31.2 Å². The molecule has 0 bridgehead atoms. The van der Waals surface area contributed by atoms with E-state index in [0.717, 1.165) is 37.5 Å². The molecule has 0 radical (unpaired) electrons. The fourth-order valence-electron chi connectivity index (χ4n) is 3.12. The summed E-state index contributed by atoms with van der Waals surface area (Å²) < 4.78 is 10.8. The molecule has 0 saturated carbocycles. The van der Waals surface area contributed by atoms with Gasteiger partial charge in [-0.25, -0.2) is 0 Å². The summed E-state index contributed by atoms with van der Waals surface area (Å²) in [6.07, 6.45) is 0. The van der Waals surface area contributed by atoms with Gasteiger partial charge < -0.3 is 19.5 Å². The number of hydrogen-bond donors (Lipinski definition) is 1. The summed E-state index contributed by atoms with van der Waals surface area (Å²) in [5.74, 6) is 1.16. The van der Waals surface area contributed by atoms with Crippen molar-refractivity contribution in [2.75, 3.05) is 46.4 Å². The summed E-state index contributed by atoms with van der Waals surface area (Å²) >= 11 is 0. The van der Waals surface area contributed by atoms with Gasteiger partial charge in [-0.2, -0.15) is 0 Å². The average Bonchev–Trinajstić information content (AvgIpc) is 3.17. The van der Waals surface area contributed by atoms with Crippen LogP contribution in [-0.2, 0) is 0 Å². The molecule has 2 heterocycles. The van der Waals surface area contributed by atoms with Crippen LogP contribution in [0, 0.1) is 0 Å². The van der Waals surface area contributed by atoms with Crippen LogP contribution in [0.5, 0.6) is 5.75 Å². The Bertz CT molecular complexity index is 736. The number of hydrogen-bond acceptors (Lipinski definition) is 6. The number of aromatic nitrogens is 1. The minimum Gasteiger partial charge on any atom is -0.494 e. The van der Waals surface area contributed by atoms with Crippen LogP contribution in [0.15, 0.2) is 34.9 Å². The highest BCUT2D eigenvalue weighted by molar-refractivity contribution is 5.93. The molecule has 1 fully saturated rings. The van der Waals surface area contributed by atoms with Crippen LogP contribution in [0.4, 0.5) is 0 Å². The Hall–Kier alpha value is -2.38. The van der Waals surface area contributed by atoms with Crippen LogP contribution in [0.3, 0.4) is 0 Å². The SMILES string of the molecule is CCOc1ccc(-c2cc(C(=O)NC[C@@H](C)N3CCN(C)CC3)no2)cc1. The first-order chi connectivity index (χ1) is 13.1. The molecule has 2 aromatic rings. The van der Waals surface area contributed by atoms with Gasteiger partial charge >= 0.3 is 0 Å². The molecule has 7 nitrogen and oxygen atoms in total. The second-order valence-corrected chi connectivity index (χ2v) is 6.93. The third kappa shape index (κ3) is 5.08. The van der Waals surface area contributed by atoms with Crippen molar-refractivity contribution < 1.29 is 14.1 Å². The zero-order chi connectivity index (χ0) is 19.2. The maximum absolute atomic E-state index is 12.4. The molecule has 7 heteroatoms. The molecule has 1 aliphatic heterocycles. The van der Waals surface area contributed by atoms with Gasteiger partial charge in [0.1, 0.15) is 5.75 Å². The van der Waals surface area contributed by atoms with Gasteiger partial charge in [0.15, 0.2) is 11.5 Å². The lowest BCUT2D eigenvalue weighted by atomic mass is 10.1. The lowest BCUT2D eigenvalue weighted by molar-refractivity contribution is 0.0895. The summed E-state index contributed by atoms with van der Waals surface area (Å²) in [7, 11) is 2.14. The van der Waals surface area contributed by atoms with Crippen molar-refractivity contribution >= 4 is 5.91 Å². The smallest absolute Gasteiger partial charge is 0.273 e. The Morgan fingerprint density at radius 2 is 1.96 bits per heavy atom. The van der Waals surface area contributed by atoms with Crippen LogP contribution in [0.2, 0.25) is 0 Å². The number of nitrogens with zero attached hydrogens (tertiary/aromatic N) is 3. The fourth-order valence-corrected chi connectivity index (χ4v) is 3.12. The Kier molecular flexibility index (Phi) is 6.47. The first-order valence-corrected chi connectivity index (χ1v) is 9.47. The van der Waals surface area contributed by atoms with E-state index in [1.165, 1.54) is 0 Å². The van der Waals surface area contributed by atoms with E-state index in [4.69, 9.17) is 9.26 Å². The van der Waals surface area contributed by atoms with E-state index in [1.54, 1.807) is 6.07 Å². The average molecular weight is 372 g/mol. The predicted octanol–water partition coefficient (Wildman–Crippen LogP) is 2.11. The van der Waals surface area contributed by atoms with E-state index >= 15 is 0 Å². The summed E-state index contributed by atoms with van der Waals surface area (Å²) in [5.41, 5.74) is 1.15. The molecule has 0 spiro atoms. The number of piperazine rings is 1. The van der Waals surface area contributed by atoms with E-state index in [9.17, 15) is 4.79 Å². The predicted molar refractivity (Wildman–Crippen MR) is 104 cm³/mol. The molecular weight excluding hydrogens is 344 g/mol. The largest absolute Gasteiger partial charge is 0.494 e. The normalized spacial score (nSPS) is 16.9. The summed E-state index contributed by atoms with van der Waals surface area (Å²) in [6.45, 7) is 9.48. The van der Waals surface area contributed by atoms with Crippen molar-refractivity contribution in [2.45, 2.75) is 19.9 Å². The third-order valence-corrected chi connectivity index (χ3v) is 4.91. The monoisotopic (exact) mass is 372 g/mol. The van der Waals surface area contributed by atoms with Gasteiger partial charge in [-0.3, -0.25) is 9.69 Å². The van der Waals surface area contributed by atoms with Crippen molar-refractivity contribution in [3.8, 4) is 17.1 Å². The molecule has 1 aromatic carbocycles. The Balaban J connectivity index is 1.53. The summed E-state index contributed by atoms with van der Waals surface area (Å²) in [6, 6.07) is 9.49. The van der Waals surface area contributed by atoms with Gasteiger partial charge in [0, 0.05) is 50.4 Å². The highest BCUT2D eigenvalue weighted by Crippen LogP contribution is 2.23. The quantitative estimate of drug-likeness (QED) is 0.803. The molecular formula is C20H28N4O3. The van der Waals surface area contributed by atoms with Crippen LogP contribution in [0.25, 0.3) is 11.3 Å². The molecule has 1 aromatic heterocycles. The maximum atomic E-state index is 12.4. The molecule has 3 rings (SSSR count). The Morgan fingerprint density at radius 1 is 1.26 bits per heavy atom. The van der Waals surface area contributed by atoms with Crippen LogP contribution in [0.1, 0.15) is 24.3 Å². The molecule has 1 atom stereocenters. The van der Waals surface area contributed by atoms with Crippen molar-refractivity contribution in [1.82, 2.24) is 20.3 Å². The number of carbonyl (C=O) groups excluding carboxylic acids is 1. The van der Waals surface area contributed by atoms with Crippen LogP contribution < -0.4 is 10.1 Å². The lowest BCUT2D eigenvalue weighted by Gasteiger charge is -2.36. The second kappa shape index (κ2) is 9.01. The van der Waals surface area contributed by atoms with Gasteiger partial charge in [0.25, 0.3) is 5.91 Å². The van der Waals surface area contributed by atoms with E-state index in [2.05, 4.69) is 34.2 Å². The Labute approximate surface area is 160 Å². The van der Waals surface area contributed by atoms with Gasteiger partial charge in [-0.15, -0.1) is 0 Å². The highest BCUT2D eigenvalue weighted by Gasteiger charge is 2.20. The van der Waals surface area contributed by atoms with E-state index in [-0.39, 0.29) is 5.91 Å². The second-order valence-electron chi connectivity index (χ2n) is 6.93. The van der Waals surface area contributed by atoms with E-state index < -0.39 is 0 Å². The molecule has 146 valence electrons. The number of nitrogens with one attached hydrogen (secondary N) is 1. The van der Waals surface area contributed by atoms with Gasteiger partial charge in [0.2, 0.25) is 0 Å². The van der Waals surface area contributed by atoms with Crippen LogP contribution >= 0.6 is 0 Å². The van der Waals surface area contributed by atoms with Crippen molar-refractivity contribution in [2.24, 2.45) is 0 Å². The molecule has 1 saturated heterocycles. The maximum Gasteiger partial charge on any atom is 0.273 e. The number of ether oxygens (including phenoxy) is 1. The van der Waals surface area contributed by atoms with Gasteiger partial charge in [-0.1, -0.05) is 5.16 Å². The fraction of sp³-hybridized carbons (Fsp3) is 0.500. The third-order valence-electron chi connectivity index (χ3n) is 4.91. The zero-order valence-corrected chi connectivity index (χ0v) is 16.3. The number of benzene rings is 1. The van der Waals surface area contributed by atoms with E-state index in [0.29, 0.717) is 30.6 Å². The number of rotatable bonds is 7. The molecule has 1 aliphatic rings. The van der Waals surface area contributed by atoms with Gasteiger partial charge in [0.05, 0.1) is 6.61 Å². The number of carbonyl (C=O) groups is 1.